The number of nitrogens with two attached hydrogens (primary N) is 1. The lowest BCUT2D eigenvalue weighted by atomic mass is 10.1. The van der Waals surface area contributed by atoms with Crippen molar-refractivity contribution in [2.75, 3.05) is 11.1 Å². The quantitative estimate of drug-likeness (QED) is 0.803. The van der Waals surface area contributed by atoms with Gasteiger partial charge >= 0.3 is 0 Å². The Morgan fingerprint density at radius 1 is 1.21 bits per heavy atom. The number of rotatable bonds is 2. The third kappa shape index (κ3) is 2.25. The molecule has 1 aliphatic rings. The normalized spacial score (nSPS) is 16.7. The molecule has 0 aliphatic heterocycles. The van der Waals surface area contributed by atoms with Crippen molar-refractivity contribution in [3.8, 4) is 6.07 Å². The Labute approximate surface area is 112 Å². The molecule has 3 nitrogen and oxygen atoms in total. The fourth-order valence-corrected chi connectivity index (χ4v) is 2.67. The highest BCUT2D eigenvalue weighted by Crippen LogP contribution is 2.34. The third-order valence-electron chi connectivity index (χ3n) is 3.58. The summed E-state index contributed by atoms with van der Waals surface area (Å²) in [6, 6.07) is 16.2. The number of anilines is 2. The van der Waals surface area contributed by atoms with Crippen LogP contribution in [0.25, 0.3) is 0 Å². The number of aryl methyl sites for hydroxylation is 1. The maximum absolute atomic E-state index is 8.92. The van der Waals surface area contributed by atoms with E-state index in [1.54, 1.807) is 0 Å². The Morgan fingerprint density at radius 3 is 2.95 bits per heavy atom. The van der Waals surface area contributed by atoms with Gasteiger partial charge < -0.3 is 11.1 Å². The molecule has 3 rings (SSSR count). The molecule has 3 heteroatoms. The van der Waals surface area contributed by atoms with Crippen LogP contribution in [0.2, 0.25) is 0 Å². The van der Waals surface area contributed by atoms with E-state index in [4.69, 9.17) is 11.0 Å². The number of nitrogen functional groups attached to an aromatic ring is 1. The smallest absolute Gasteiger partial charge is 0.0992 e. The van der Waals surface area contributed by atoms with E-state index in [1.807, 2.05) is 30.3 Å². The van der Waals surface area contributed by atoms with Crippen LogP contribution in [0.15, 0.2) is 42.5 Å². The zero-order chi connectivity index (χ0) is 13.2. The van der Waals surface area contributed by atoms with E-state index in [9.17, 15) is 0 Å². The van der Waals surface area contributed by atoms with Crippen molar-refractivity contribution in [3.05, 3.63) is 59.2 Å². The Balaban J connectivity index is 1.85. The van der Waals surface area contributed by atoms with Crippen LogP contribution in [0.1, 0.15) is 29.2 Å². The minimum Gasteiger partial charge on any atom is -0.399 e. The van der Waals surface area contributed by atoms with Crippen LogP contribution in [0, 0.1) is 11.3 Å². The molecule has 0 heterocycles. The van der Waals surface area contributed by atoms with Crippen LogP contribution in [-0.2, 0) is 6.42 Å². The molecule has 0 spiro atoms. The van der Waals surface area contributed by atoms with Crippen molar-refractivity contribution < 1.29 is 0 Å². The van der Waals surface area contributed by atoms with Gasteiger partial charge in [0.2, 0.25) is 0 Å². The minimum atomic E-state index is 0.310. The highest BCUT2D eigenvalue weighted by Gasteiger charge is 2.22. The number of nitrogens with zero attached hydrogens (tertiary/aromatic N) is 1. The van der Waals surface area contributed by atoms with Crippen molar-refractivity contribution in [2.45, 2.75) is 18.9 Å². The zero-order valence-corrected chi connectivity index (χ0v) is 10.6. The highest BCUT2D eigenvalue weighted by atomic mass is 14.9. The van der Waals surface area contributed by atoms with Crippen molar-refractivity contribution >= 4 is 11.4 Å². The summed E-state index contributed by atoms with van der Waals surface area (Å²) in [7, 11) is 0. The van der Waals surface area contributed by atoms with E-state index >= 15 is 0 Å². The standard InChI is InChI=1S/C16H15N3/c17-10-11-2-1-3-14(8-11)19-16-7-4-12-9-13(18)5-6-15(12)16/h1-3,5-6,8-9,16,19H,4,7,18H2. The predicted molar refractivity (Wildman–Crippen MR) is 76.7 cm³/mol. The van der Waals surface area contributed by atoms with Crippen molar-refractivity contribution in [2.24, 2.45) is 0 Å². The van der Waals surface area contributed by atoms with Gasteiger partial charge in [0, 0.05) is 11.4 Å². The van der Waals surface area contributed by atoms with Gasteiger partial charge in [0.25, 0.3) is 0 Å². The molecule has 0 bridgehead atoms. The Morgan fingerprint density at radius 2 is 2.11 bits per heavy atom. The molecule has 3 N–H and O–H groups in total. The largest absolute Gasteiger partial charge is 0.399 e. The van der Waals surface area contributed by atoms with Crippen molar-refractivity contribution in [1.29, 1.82) is 5.26 Å². The molecule has 0 amide bonds. The number of fused-ring (bicyclic) bond motifs is 1. The molecule has 0 radical (unpaired) electrons. The fourth-order valence-electron chi connectivity index (χ4n) is 2.67. The number of benzene rings is 2. The molecule has 1 atom stereocenters. The number of hydrogen-bond acceptors (Lipinski definition) is 3. The first-order valence-corrected chi connectivity index (χ1v) is 6.41. The molecule has 0 saturated carbocycles. The van der Waals surface area contributed by atoms with Gasteiger partial charge in [-0.3, -0.25) is 0 Å². The van der Waals surface area contributed by atoms with Crippen LogP contribution in [-0.4, -0.2) is 0 Å². The van der Waals surface area contributed by atoms with Crippen LogP contribution in [0.3, 0.4) is 0 Å². The van der Waals surface area contributed by atoms with Gasteiger partial charge in [0.15, 0.2) is 0 Å². The second kappa shape index (κ2) is 4.66. The van der Waals surface area contributed by atoms with Crippen molar-refractivity contribution in [3.63, 3.8) is 0 Å². The molecule has 94 valence electrons. The van der Waals surface area contributed by atoms with Gasteiger partial charge in [-0.15, -0.1) is 0 Å². The molecular weight excluding hydrogens is 234 g/mol. The fraction of sp³-hybridized carbons (Fsp3) is 0.188. The van der Waals surface area contributed by atoms with Crippen LogP contribution in [0.5, 0.6) is 0 Å². The predicted octanol–water partition coefficient (Wildman–Crippen LogP) is 3.24. The maximum Gasteiger partial charge on any atom is 0.0992 e. The maximum atomic E-state index is 8.92. The van der Waals surface area contributed by atoms with Crippen molar-refractivity contribution in [1.82, 2.24) is 0 Å². The van der Waals surface area contributed by atoms with Crippen LogP contribution < -0.4 is 11.1 Å². The third-order valence-corrected chi connectivity index (χ3v) is 3.58. The molecule has 1 unspecified atom stereocenters. The van der Waals surface area contributed by atoms with Gasteiger partial charge in [-0.25, -0.2) is 0 Å². The lowest BCUT2D eigenvalue weighted by Crippen LogP contribution is -2.07. The summed E-state index contributed by atoms with van der Waals surface area (Å²) in [6.07, 6.45) is 2.12. The lowest BCUT2D eigenvalue weighted by molar-refractivity contribution is 0.762. The van der Waals surface area contributed by atoms with E-state index in [-0.39, 0.29) is 0 Å². The summed E-state index contributed by atoms with van der Waals surface area (Å²) in [4.78, 5) is 0. The van der Waals surface area contributed by atoms with Gasteiger partial charge in [0.05, 0.1) is 17.7 Å². The average molecular weight is 249 g/mol. The van der Waals surface area contributed by atoms with Gasteiger partial charge in [-0.2, -0.15) is 5.26 Å². The summed E-state index contributed by atoms with van der Waals surface area (Å²) < 4.78 is 0. The highest BCUT2D eigenvalue weighted by molar-refractivity contribution is 5.54. The van der Waals surface area contributed by atoms with E-state index in [0.717, 1.165) is 24.2 Å². The Bertz CT molecular complexity index is 655. The summed E-state index contributed by atoms with van der Waals surface area (Å²) in [5.41, 5.74) is 11.0. The summed E-state index contributed by atoms with van der Waals surface area (Å²) in [5.74, 6) is 0. The first kappa shape index (κ1) is 11.6. The number of hydrogen-bond donors (Lipinski definition) is 2. The molecule has 19 heavy (non-hydrogen) atoms. The first-order valence-electron chi connectivity index (χ1n) is 6.41. The summed E-state index contributed by atoms with van der Waals surface area (Å²) >= 11 is 0. The topological polar surface area (TPSA) is 61.8 Å². The molecule has 0 aromatic heterocycles. The van der Waals surface area contributed by atoms with E-state index in [0.29, 0.717) is 11.6 Å². The molecule has 2 aromatic carbocycles. The van der Waals surface area contributed by atoms with Gasteiger partial charge in [-0.1, -0.05) is 12.1 Å². The number of nitriles is 1. The zero-order valence-electron chi connectivity index (χ0n) is 10.6. The van der Waals surface area contributed by atoms with Crippen LogP contribution in [0.4, 0.5) is 11.4 Å². The average Bonchev–Trinajstić information content (AvgIpc) is 2.81. The molecule has 0 fully saturated rings. The number of nitrogens with one attached hydrogen (secondary N) is 1. The second-order valence-corrected chi connectivity index (χ2v) is 4.89. The summed E-state index contributed by atoms with van der Waals surface area (Å²) in [5, 5.41) is 12.4. The van der Waals surface area contributed by atoms with E-state index < -0.39 is 0 Å². The second-order valence-electron chi connectivity index (χ2n) is 4.89. The van der Waals surface area contributed by atoms with E-state index in [2.05, 4.69) is 23.5 Å². The molecule has 1 aliphatic carbocycles. The van der Waals surface area contributed by atoms with Gasteiger partial charge in [-0.05, 0) is 54.3 Å². The molecule has 0 saturated heterocycles. The van der Waals surface area contributed by atoms with E-state index in [1.165, 1.54) is 11.1 Å². The monoisotopic (exact) mass is 249 g/mol. The van der Waals surface area contributed by atoms with Crippen LogP contribution >= 0.6 is 0 Å². The SMILES string of the molecule is N#Cc1cccc(NC2CCc3cc(N)ccc32)c1. The Hall–Kier alpha value is -2.47. The molecule has 2 aromatic rings. The lowest BCUT2D eigenvalue weighted by Gasteiger charge is -2.15. The minimum absolute atomic E-state index is 0.310. The first-order chi connectivity index (χ1) is 9.26. The Kier molecular flexibility index (Phi) is 2.85. The molecular formula is C16H15N3. The van der Waals surface area contributed by atoms with Gasteiger partial charge in [0.1, 0.15) is 0 Å². The summed E-state index contributed by atoms with van der Waals surface area (Å²) in [6.45, 7) is 0.